The van der Waals surface area contributed by atoms with E-state index in [2.05, 4.69) is 15.5 Å². The number of Topliss-reactive ketones (excluding diaryl/α,β-unsaturated/α-hetero) is 1. The van der Waals surface area contributed by atoms with Crippen molar-refractivity contribution in [2.75, 3.05) is 19.4 Å². The minimum absolute atomic E-state index is 0.0839. The Labute approximate surface area is 191 Å². The van der Waals surface area contributed by atoms with Crippen LogP contribution in [0.3, 0.4) is 0 Å². The van der Waals surface area contributed by atoms with Gasteiger partial charge in [-0.1, -0.05) is 59.7 Å². The Kier molecular flexibility index (Phi) is 5.58. The van der Waals surface area contributed by atoms with Crippen LogP contribution in [0.5, 0.6) is 0 Å². The van der Waals surface area contributed by atoms with E-state index in [9.17, 15) is 4.79 Å². The van der Waals surface area contributed by atoms with Crippen molar-refractivity contribution in [3.05, 3.63) is 89.2 Å². The highest BCUT2D eigenvalue weighted by Crippen LogP contribution is 2.25. The second-order valence-corrected chi connectivity index (χ2v) is 8.11. The zero-order chi connectivity index (χ0) is 22.8. The molecule has 8 heteroatoms. The Hall–Kier alpha value is -4.04. The summed E-state index contributed by atoms with van der Waals surface area (Å²) in [5, 5.41) is 11.1. The molecule has 5 rings (SSSR count). The van der Waals surface area contributed by atoms with E-state index in [1.165, 1.54) is 0 Å². The van der Waals surface area contributed by atoms with Crippen LogP contribution in [0.15, 0.2) is 80.6 Å². The molecule has 1 unspecified atom stereocenters. The van der Waals surface area contributed by atoms with Crippen LogP contribution in [-0.4, -0.2) is 46.9 Å². The number of hydrogen-bond acceptors (Lipinski definition) is 8. The summed E-state index contributed by atoms with van der Waals surface area (Å²) in [5.74, 6) is 1.41. The summed E-state index contributed by atoms with van der Waals surface area (Å²) in [6.07, 6.45) is -0.609. The first-order chi connectivity index (χ1) is 16.1. The van der Waals surface area contributed by atoms with Crippen LogP contribution in [0.1, 0.15) is 22.5 Å². The summed E-state index contributed by atoms with van der Waals surface area (Å²) < 4.78 is 11.5. The zero-order valence-corrected chi connectivity index (χ0v) is 18.4. The highest BCUT2D eigenvalue weighted by atomic mass is 16.4. The molecule has 0 saturated carbocycles. The number of carbonyl (C=O) groups excluding carboxylic acids is 1. The largest absolute Gasteiger partial charge is 0.455 e. The van der Waals surface area contributed by atoms with E-state index >= 15 is 0 Å². The smallest absolute Gasteiger partial charge is 0.317 e. The van der Waals surface area contributed by atoms with Gasteiger partial charge < -0.3 is 19.1 Å². The average Bonchev–Trinajstić information content (AvgIpc) is 3.44. The second kappa shape index (κ2) is 8.84. The number of aliphatic imine (C=N–C) groups is 1. The molecule has 0 spiro atoms. The van der Waals surface area contributed by atoms with Crippen molar-refractivity contribution in [2.45, 2.75) is 19.1 Å². The first kappa shape index (κ1) is 20.8. The standard InChI is InChI=1S/C25H23N5O3/c1-30(2)15-18-12-13-21(32-18)24-28-29-25(33-24)27-23-20(31)14-17-10-6-7-11-19(17)22(26-23)16-8-4-3-5-9-16/h3-13,23H,14-15H2,1-2H3,(H,27,29). The van der Waals surface area contributed by atoms with Gasteiger partial charge >= 0.3 is 6.01 Å². The topological polar surface area (TPSA) is 96.8 Å². The molecule has 166 valence electrons. The molecule has 2 aromatic heterocycles. The van der Waals surface area contributed by atoms with E-state index in [1.807, 2.05) is 79.7 Å². The maximum Gasteiger partial charge on any atom is 0.317 e. The third-order valence-corrected chi connectivity index (χ3v) is 5.28. The van der Waals surface area contributed by atoms with Gasteiger partial charge in [-0.15, -0.1) is 5.10 Å². The monoisotopic (exact) mass is 441 g/mol. The number of nitrogens with zero attached hydrogens (tertiary/aromatic N) is 4. The summed E-state index contributed by atoms with van der Waals surface area (Å²) in [5.41, 5.74) is 3.55. The van der Waals surface area contributed by atoms with Crippen LogP contribution < -0.4 is 5.32 Å². The molecule has 0 fully saturated rings. The van der Waals surface area contributed by atoms with Gasteiger partial charge in [0.1, 0.15) is 5.76 Å². The second-order valence-electron chi connectivity index (χ2n) is 8.11. The van der Waals surface area contributed by atoms with E-state index in [-0.39, 0.29) is 24.1 Å². The lowest BCUT2D eigenvalue weighted by atomic mass is 9.96. The average molecular weight is 441 g/mol. The van der Waals surface area contributed by atoms with E-state index in [0.717, 1.165) is 28.2 Å². The fourth-order valence-electron chi connectivity index (χ4n) is 3.79. The number of nitrogens with one attached hydrogen (secondary N) is 1. The zero-order valence-electron chi connectivity index (χ0n) is 18.4. The van der Waals surface area contributed by atoms with Crippen molar-refractivity contribution < 1.29 is 13.6 Å². The lowest BCUT2D eigenvalue weighted by Crippen LogP contribution is -2.29. The molecule has 0 amide bonds. The summed E-state index contributed by atoms with van der Waals surface area (Å²) in [6, 6.07) is 21.4. The number of fused-ring (bicyclic) bond motifs is 1. The van der Waals surface area contributed by atoms with Gasteiger partial charge in [-0.2, -0.15) is 0 Å². The first-order valence-electron chi connectivity index (χ1n) is 10.6. The van der Waals surface area contributed by atoms with Crippen LogP contribution in [0.4, 0.5) is 6.01 Å². The van der Waals surface area contributed by atoms with Crippen molar-refractivity contribution in [1.82, 2.24) is 15.1 Å². The Morgan fingerprint density at radius 3 is 2.58 bits per heavy atom. The molecule has 1 aliphatic rings. The Balaban J connectivity index is 1.44. The van der Waals surface area contributed by atoms with Gasteiger partial charge in [-0.25, -0.2) is 0 Å². The molecule has 0 bridgehead atoms. The first-order valence-corrected chi connectivity index (χ1v) is 10.6. The molecule has 3 heterocycles. The predicted molar refractivity (Wildman–Crippen MR) is 124 cm³/mol. The number of carbonyl (C=O) groups is 1. The molecule has 33 heavy (non-hydrogen) atoms. The van der Waals surface area contributed by atoms with E-state index in [1.54, 1.807) is 6.07 Å². The van der Waals surface area contributed by atoms with E-state index in [0.29, 0.717) is 12.3 Å². The number of aromatic nitrogens is 2. The third-order valence-electron chi connectivity index (χ3n) is 5.28. The number of ketones is 1. The van der Waals surface area contributed by atoms with E-state index < -0.39 is 6.17 Å². The summed E-state index contributed by atoms with van der Waals surface area (Å²) >= 11 is 0. The van der Waals surface area contributed by atoms with Gasteiger partial charge in [0.05, 0.1) is 12.3 Å². The molecule has 1 atom stereocenters. The minimum atomic E-state index is -0.859. The summed E-state index contributed by atoms with van der Waals surface area (Å²) in [4.78, 5) is 19.8. The van der Waals surface area contributed by atoms with Crippen LogP contribution in [0, 0.1) is 0 Å². The molecule has 1 N–H and O–H groups in total. The minimum Gasteiger partial charge on any atom is -0.455 e. The van der Waals surface area contributed by atoms with Crippen molar-refractivity contribution >= 4 is 17.5 Å². The molecule has 2 aromatic carbocycles. The van der Waals surface area contributed by atoms with Crippen LogP contribution in [0.2, 0.25) is 0 Å². The fraction of sp³-hybridized carbons (Fsp3) is 0.200. The number of furan rings is 1. The maximum absolute atomic E-state index is 13.1. The van der Waals surface area contributed by atoms with Gasteiger partial charge in [0, 0.05) is 17.5 Å². The highest BCUT2D eigenvalue weighted by molar-refractivity contribution is 6.16. The highest BCUT2D eigenvalue weighted by Gasteiger charge is 2.27. The van der Waals surface area contributed by atoms with Gasteiger partial charge in [0.15, 0.2) is 17.7 Å². The fourth-order valence-corrected chi connectivity index (χ4v) is 3.79. The summed E-state index contributed by atoms with van der Waals surface area (Å²) in [7, 11) is 3.92. The molecule has 1 aliphatic heterocycles. The predicted octanol–water partition coefficient (Wildman–Crippen LogP) is 3.79. The molecule has 8 nitrogen and oxygen atoms in total. The van der Waals surface area contributed by atoms with Crippen molar-refractivity contribution in [2.24, 2.45) is 4.99 Å². The number of anilines is 1. The Morgan fingerprint density at radius 2 is 1.76 bits per heavy atom. The van der Waals surface area contributed by atoms with Gasteiger partial charge in [-0.05, 0) is 31.8 Å². The number of rotatable bonds is 6. The molecule has 0 radical (unpaired) electrons. The SMILES string of the molecule is CN(C)Cc1ccc(-c2nnc(NC3N=C(c4ccccc4)c4ccccc4CC3=O)o2)o1. The lowest BCUT2D eigenvalue weighted by molar-refractivity contribution is -0.119. The van der Waals surface area contributed by atoms with Crippen LogP contribution in [0.25, 0.3) is 11.7 Å². The Bertz CT molecular complexity index is 1310. The molecule has 0 aliphatic carbocycles. The van der Waals surface area contributed by atoms with Gasteiger partial charge in [0.2, 0.25) is 0 Å². The Morgan fingerprint density at radius 1 is 0.970 bits per heavy atom. The lowest BCUT2D eigenvalue weighted by Gasteiger charge is -2.11. The van der Waals surface area contributed by atoms with E-state index in [4.69, 9.17) is 13.8 Å². The molecular weight excluding hydrogens is 418 g/mol. The third kappa shape index (κ3) is 4.47. The van der Waals surface area contributed by atoms with Crippen molar-refractivity contribution in [3.8, 4) is 11.7 Å². The maximum atomic E-state index is 13.1. The molecular formula is C25H23N5O3. The van der Waals surface area contributed by atoms with Gasteiger partial charge in [0.25, 0.3) is 5.89 Å². The normalized spacial score (nSPS) is 15.8. The molecule has 4 aromatic rings. The van der Waals surface area contributed by atoms with Crippen LogP contribution in [-0.2, 0) is 17.8 Å². The molecule has 0 saturated heterocycles. The van der Waals surface area contributed by atoms with Crippen molar-refractivity contribution in [3.63, 3.8) is 0 Å². The number of benzene rings is 2. The van der Waals surface area contributed by atoms with Gasteiger partial charge in [-0.3, -0.25) is 9.79 Å². The quantitative estimate of drug-likeness (QED) is 0.486. The number of hydrogen-bond donors (Lipinski definition) is 1. The van der Waals surface area contributed by atoms with Crippen molar-refractivity contribution in [1.29, 1.82) is 0 Å². The summed E-state index contributed by atoms with van der Waals surface area (Å²) in [6.45, 7) is 0.660. The van der Waals surface area contributed by atoms with Crippen LogP contribution >= 0.6 is 0 Å².